The Morgan fingerprint density at radius 1 is 1.26 bits per heavy atom. The van der Waals surface area contributed by atoms with Gasteiger partial charge in [-0.15, -0.1) is 0 Å². The van der Waals surface area contributed by atoms with Crippen LogP contribution in [-0.4, -0.2) is 25.1 Å². The van der Waals surface area contributed by atoms with E-state index in [1.54, 1.807) is 7.11 Å². The second kappa shape index (κ2) is 6.83. The first-order valence-corrected chi connectivity index (χ1v) is 8.77. The number of methoxy groups -OCH3 is 2. The number of carbonyl (C=O) groups excluding carboxylic acids is 1. The van der Waals surface area contributed by atoms with Crippen LogP contribution in [-0.2, 0) is 6.42 Å². The molecular weight excluding hydrogens is 348 g/mol. The van der Waals surface area contributed by atoms with Gasteiger partial charge in [-0.25, -0.2) is 0 Å². The predicted molar refractivity (Wildman–Crippen MR) is 99.5 cm³/mol. The minimum atomic E-state index is -0.427. The number of rotatable bonds is 4. The van der Waals surface area contributed by atoms with Crippen molar-refractivity contribution in [3.63, 3.8) is 0 Å². The molecule has 1 aromatic carbocycles. The first kappa shape index (κ1) is 17.2. The van der Waals surface area contributed by atoms with Crippen molar-refractivity contribution in [2.24, 2.45) is 0 Å². The second-order valence-corrected chi connectivity index (χ2v) is 6.52. The molecule has 7 nitrogen and oxygen atoms in total. The molecule has 7 heteroatoms. The summed E-state index contributed by atoms with van der Waals surface area (Å²) in [5.74, 6) is 0.404. The number of amides is 1. The lowest BCUT2D eigenvalue weighted by molar-refractivity contribution is 0.0900. The molecule has 0 saturated carbocycles. The summed E-state index contributed by atoms with van der Waals surface area (Å²) in [6.45, 7) is 0. The molecule has 1 amide bonds. The Kier molecular flexibility index (Phi) is 4.35. The third-order valence-electron chi connectivity index (χ3n) is 4.96. The summed E-state index contributed by atoms with van der Waals surface area (Å²) < 4.78 is 15.4. The van der Waals surface area contributed by atoms with E-state index in [-0.39, 0.29) is 17.6 Å². The Morgan fingerprint density at radius 2 is 2.11 bits per heavy atom. The van der Waals surface area contributed by atoms with Crippen LogP contribution in [0.1, 0.15) is 40.7 Å². The number of hydrogen-bond acceptors (Lipinski definition) is 5. The number of benzene rings is 1. The molecule has 1 atom stereocenters. The van der Waals surface area contributed by atoms with Crippen LogP contribution in [0.25, 0.3) is 10.9 Å². The number of H-pyrrole nitrogens is 1. The van der Waals surface area contributed by atoms with Crippen molar-refractivity contribution < 1.29 is 18.7 Å². The van der Waals surface area contributed by atoms with Gasteiger partial charge in [0.25, 0.3) is 5.91 Å². The average Bonchev–Trinajstić information content (AvgIpc) is 3.06. The number of ether oxygens (including phenoxy) is 2. The average molecular weight is 368 g/mol. The highest BCUT2D eigenvalue weighted by atomic mass is 16.5. The fraction of sp³-hybridized carbons (Fsp3) is 0.300. The molecule has 2 aromatic heterocycles. The summed E-state index contributed by atoms with van der Waals surface area (Å²) in [5, 5.41) is 4.08. The van der Waals surface area contributed by atoms with Crippen LogP contribution in [0.15, 0.2) is 39.7 Å². The Morgan fingerprint density at radius 3 is 2.85 bits per heavy atom. The minimum absolute atomic E-state index is 0.0364. The van der Waals surface area contributed by atoms with Gasteiger partial charge in [-0.1, -0.05) is 0 Å². The molecular formula is C20H20N2O5. The highest BCUT2D eigenvalue weighted by Gasteiger charge is 2.27. The summed E-state index contributed by atoms with van der Waals surface area (Å²) in [5.41, 5.74) is 2.80. The van der Waals surface area contributed by atoms with E-state index in [4.69, 9.17) is 13.9 Å². The van der Waals surface area contributed by atoms with E-state index in [9.17, 15) is 9.59 Å². The van der Waals surface area contributed by atoms with E-state index in [1.807, 2.05) is 18.2 Å². The molecule has 140 valence electrons. The fourth-order valence-electron chi connectivity index (χ4n) is 3.61. The van der Waals surface area contributed by atoms with Gasteiger partial charge in [-0.2, -0.15) is 0 Å². The second-order valence-electron chi connectivity index (χ2n) is 6.52. The number of hydrogen-bond donors (Lipinski definition) is 2. The van der Waals surface area contributed by atoms with E-state index >= 15 is 0 Å². The highest BCUT2D eigenvalue weighted by molar-refractivity contribution is 5.92. The number of carbonyl (C=O) groups is 1. The van der Waals surface area contributed by atoms with Crippen molar-refractivity contribution in [2.45, 2.75) is 25.3 Å². The number of aromatic nitrogens is 1. The lowest BCUT2D eigenvalue weighted by atomic mass is 9.91. The van der Waals surface area contributed by atoms with Gasteiger partial charge >= 0.3 is 0 Å². The maximum absolute atomic E-state index is 12.6. The molecule has 0 spiro atoms. The third kappa shape index (κ3) is 3.05. The van der Waals surface area contributed by atoms with E-state index < -0.39 is 11.3 Å². The van der Waals surface area contributed by atoms with Gasteiger partial charge < -0.3 is 24.2 Å². The van der Waals surface area contributed by atoms with Crippen LogP contribution in [0, 0.1) is 0 Å². The molecule has 0 radical (unpaired) electrons. The summed E-state index contributed by atoms with van der Waals surface area (Å²) in [6.07, 6.45) is 3.85. The summed E-state index contributed by atoms with van der Waals surface area (Å²) in [7, 11) is 3.02. The Hall–Kier alpha value is -3.22. The number of aromatic amines is 1. The molecule has 0 unspecified atom stereocenters. The van der Waals surface area contributed by atoms with Crippen LogP contribution in [0.4, 0.5) is 0 Å². The standard InChI is InChI=1S/C20H20N2O5/c1-25-11-6-7-14-13(8-11)12-4-3-5-15(19(12)21-14)22-20(24)17-9-16(23)18(26-2)10-27-17/h6-10,15,21H,3-5H2,1-2H3,(H,22,24)/t15-/m1/s1. The van der Waals surface area contributed by atoms with Crippen molar-refractivity contribution in [1.29, 1.82) is 0 Å². The smallest absolute Gasteiger partial charge is 0.287 e. The molecule has 4 rings (SSSR count). The zero-order chi connectivity index (χ0) is 19.0. The molecule has 2 heterocycles. The van der Waals surface area contributed by atoms with Gasteiger partial charge in [0.05, 0.1) is 20.3 Å². The molecule has 0 saturated heterocycles. The zero-order valence-corrected chi connectivity index (χ0v) is 15.1. The van der Waals surface area contributed by atoms with Gasteiger partial charge in [0.1, 0.15) is 12.0 Å². The van der Waals surface area contributed by atoms with Gasteiger partial charge in [0, 0.05) is 22.7 Å². The Labute approximate surface area is 155 Å². The van der Waals surface area contributed by atoms with Gasteiger partial charge in [0.15, 0.2) is 5.76 Å². The van der Waals surface area contributed by atoms with Crippen molar-refractivity contribution in [2.75, 3.05) is 14.2 Å². The highest BCUT2D eigenvalue weighted by Crippen LogP contribution is 2.36. The molecule has 3 aromatic rings. The van der Waals surface area contributed by atoms with E-state index in [0.717, 1.165) is 53.9 Å². The zero-order valence-electron chi connectivity index (χ0n) is 15.1. The van der Waals surface area contributed by atoms with Crippen LogP contribution in [0.5, 0.6) is 11.5 Å². The lowest BCUT2D eigenvalue weighted by Crippen LogP contribution is -2.31. The third-order valence-corrected chi connectivity index (χ3v) is 4.96. The van der Waals surface area contributed by atoms with Crippen LogP contribution in [0.3, 0.4) is 0 Å². The molecule has 1 aliphatic rings. The Bertz CT molecular complexity index is 1070. The summed E-state index contributed by atoms with van der Waals surface area (Å²) >= 11 is 0. The minimum Gasteiger partial charge on any atom is -0.497 e. The lowest BCUT2D eigenvalue weighted by Gasteiger charge is -2.23. The Balaban J connectivity index is 1.64. The van der Waals surface area contributed by atoms with Gasteiger partial charge in [0.2, 0.25) is 11.2 Å². The number of nitrogens with one attached hydrogen (secondary N) is 2. The normalized spacial score (nSPS) is 16.0. The fourth-order valence-corrected chi connectivity index (χ4v) is 3.61. The number of aryl methyl sites for hydroxylation is 1. The maximum Gasteiger partial charge on any atom is 0.287 e. The van der Waals surface area contributed by atoms with Crippen molar-refractivity contribution in [3.05, 3.63) is 57.8 Å². The largest absolute Gasteiger partial charge is 0.497 e. The van der Waals surface area contributed by atoms with E-state index in [1.165, 1.54) is 12.7 Å². The van der Waals surface area contributed by atoms with E-state index in [2.05, 4.69) is 10.3 Å². The molecule has 0 bridgehead atoms. The van der Waals surface area contributed by atoms with E-state index in [0.29, 0.717) is 0 Å². The van der Waals surface area contributed by atoms with Gasteiger partial charge in [-0.05, 0) is 43.0 Å². The molecule has 0 aliphatic heterocycles. The van der Waals surface area contributed by atoms with Crippen molar-refractivity contribution >= 4 is 16.8 Å². The summed E-state index contributed by atoms with van der Waals surface area (Å²) in [6, 6.07) is 6.87. The molecule has 27 heavy (non-hydrogen) atoms. The first-order chi connectivity index (χ1) is 13.1. The number of fused-ring (bicyclic) bond motifs is 3. The molecule has 0 fully saturated rings. The topological polar surface area (TPSA) is 93.6 Å². The summed E-state index contributed by atoms with van der Waals surface area (Å²) in [4.78, 5) is 27.9. The monoisotopic (exact) mass is 368 g/mol. The van der Waals surface area contributed by atoms with Gasteiger partial charge in [-0.3, -0.25) is 9.59 Å². The molecule has 1 aliphatic carbocycles. The maximum atomic E-state index is 12.6. The van der Waals surface area contributed by atoms with Crippen molar-refractivity contribution in [3.8, 4) is 11.5 Å². The van der Waals surface area contributed by atoms with Crippen LogP contribution < -0.4 is 20.2 Å². The van der Waals surface area contributed by atoms with Crippen molar-refractivity contribution in [1.82, 2.24) is 10.3 Å². The van der Waals surface area contributed by atoms with Crippen LogP contribution >= 0.6 is 0 Å². The first-order valence-electron chi connectivity index (χ1n) is 8.77. The quantitative estimate of drug-likeness (QED) is 0.738. The predicted octanol–water partition coefficient (Wildman–Crippen LogP) is 2.95. The SMILES string of the molecule is COc1ccc2[nH]c3c(c2c1)CCC[C@H]3NC(=O)c1cc(=O)c(OC)co1. The van der Waals surface area contributed by atoms with Crippen LogP contribution in [0.2, 0.25) is 0 Å². The molecule has 2 N–H and O–H groups in total.